The standard InChI is InChI=1S/C14H23N5O7/c15-10(21)4-8(14(25)26)18-11(22)5-17-12(23)9(6-20)19-13(24)7-2-1-3-16-7/h7-9,16,20H,1-6H2,(H2,15,21)(H,17,23)(H,18,22)(H,19,24)(H,25,26). The van der Waals surface area contributed by atoms with Gasteiger partial charge in [-0.15, -0.1) is 0 Å². The molecule has 0 saturated carbocycles. The highest BCUT2D eigenvalue weighted by Crippen LogP contribution is 2.04. The number of hydrogen-bond donors (Lipinski definition) is 7. The molecular formula is C14H23N5O7. The van der Waals surface area contributed by atoms with Crippen LogP contribution in [0.5, 0.6) is 0 Å². The third kappa shape index (κ3) is 7.03. The molecule has 12 nitrogen and oxygen atoms in total. The van der Waals surface area contributed by atoms with E-state index in [4.69, 9.17) is 10.8 Å². The molecule has 26 heavy (non-hydrogen) atoms. The van der Waals surface area contributed by atoms with Gasteiger partial charge in [-0.25, -0.2) is 4.79 Å². The zero-order valence-electron chi connectivity index (χ0n) is 14.0. The van der Waals surface area contributed by atoms with Crippen LogP contribution >= 0.6 is 0 Å². The second-order valence-electron chi connectivity index (χ2n) is 5.74. The fourth-order valence-electron chi connectivity index (χ4n) is 2.31. The van der Waals surface area contributed by atoms with Crippen LogP contribution in [0.1, 0.15) is 19.3 Å². The number of aliphatic carboxylic acids is 1. The van der Waals surface area contributed by atoms with Gasteiger partial charge in [0.15, 0.2) is 0 Å². The van der Waals surface area contributed by atoms with Gasteiger partial charge in [-0.3, -0.25) is 19.2 Å². The van der Waals surface area contributed by atoms with Crippen molar-refractivity contribution >= 4 is 29.6 Å². The van der Waals surface area contributed by atoms with Gasteiger partial charge in [0.1, 0.15) is 12.1 Å². The summed E-state index contributed by atoms with van der Waals surface area (Å²) < 4.78 is 0. The first-order valence-corrected chi connectivity index (χ1v) is 7.97. The summed E-state index contributed by atoms with van der Waals surface area (Å²) in [6.07, 6.45) is 0.841. The van der Waals surface area contributed by atoms with Gasteiger partial charge in [0.05, 0.1) is 25.6 Å². The SMILES string of the molecule is NC(=O)CC(NC(=O)CNC(=O)C(CO)NC(=O)C1CCCN1)C(=O)O. The summed E-state index contributed by atoms with van der Waals surface area (Å²) in [5.74, 6) is -4.48. The lowest BCUT2D eigenvalue weighted by Crippen LogP contribution is -2.54. The topological polar surface area (TPSA) is 200 Å². The Labute approximate surface area is 148 Å². The maximum atomic E-state index is 11.9. The Hall–Kier alpha value is -2.73. The van der Waals surface area contributed by atoms with Gasteiger partial charge in [0.2, 0.25) is 23.6 Å². The Morgan fingerprint density at radius 3 is 2.35 bits per heavy atom. The van der Waals surface area contributed by atoms with Crippen molar-refractivity contribution in [1.29, 1.82) is 0 Å². The minimum Gasteiger partial charge on any atom is -0.480 e. The molecule has 1 aliphatic rings. The lowest BCUT2D eigenvalue weighted by Gasteiger charge is -2.19. The molecule has 0 aromatic rings. The molecule has 1 saturated heterocycles. The summed E-state index contributed by atoms with van der Waals surface area (Å²) >= 11 is 0. The summed E-state index contributed by atoms with van der Waals surface area (Å²) in [6, 6.07) is -3.21. The van der Waals surface area contributed by atoms with Gasteiger partial charge >= 0.3 is 5.97 Å². The molecule has 146 valence electrons. The van der Waals surface area contributed by atoms with E-state index in [1.165, 1.54) is 0 Å². The predicted octanol–water partition coefficient (Wildman–Crippen LogP) is -4.22. The van der Waals surface area contributed by atoms with E-state index in [1.807, 2.05) is 5.32 Å². The number of nitrogens with one attached hydrogen (secondary N) is 4. The maximum Gasteiger partial charge on any atom is 0.326 e. The Morgan fingerprint density at radius 2 is 1.85 bits per heavy atom. The normalized spacial score (nSPS) is 18.4. The van der Waals surface area contributed by atoms with Crippen molar-refractivity contribution < 1.29 is 34.2 Å². The van der Waals surface area contributed by atoms with Crippen LogP contribution in [-0.4, -0.2) is 77.6 Å². The van der Waals surface area contributed by atoms with Crippen LogP contribution in [0.3, 0.4) is 0 Å². The Bertz CT molecular complexity index is 562. The molecular weight excluding hydrogens is 350 g/mol. The van der Waals surface area contributed by atoms with Gasteiger partial charge in [-0.1, -0.05) is 0 Å². The van der Waals surface area contributed by atoms with Crippen molar-refractivity contribution in [2.75, 3.05) is 19.7 Å². The number of hydrogen-bond acceptors (Lipinski definition) is 7. The van der Waals surface area contributed by atoms with Gasteiger partial charge in [-0.2, -0.15) is 0 Å². The third-order valence-corrected chi connectivity index (χ3v) is 3.65. The Balaban J connectivity index is 2.46. The molecule has 0 radical (unpaired) electrons. The molecule has 1 fully saturated rings. The van der Waals surface area contributed by atoms with Crippen LogP contribution in [0.4, 0.5) is 0 Å². The Kier molecular flexibility index (Phi) is 8.45. The number of aliphatic hydroxyl groups is 1. The van der Waals surface area contributed by atoms with E-state index in [0.29, 0.717) is 13.0 Å². The molecule has 0 aromatic carbocycles. The molecule has 0 spiro atoms. The molecule has 1 aliphatic heterocycles. The summed E-state index contributed by atoms with van der Waals surface area (Å²) in [6.45, 7) is -0.592. The molecule has 3 unspecified atom stereocenters. The highest BCUT2D eigenvalue weighted by atomic mass is 16.4. The van der Waals surface area contributed by atoms with E-state index in [0.717, 1.165) is 6.42 Å². The molecule has 8 N–H and O–H groups in total. The van der Waals surface area contributed by atoms with E-state index in [1.54, 1.807) is 0 Å². The van der Waals surface area contributed by atoms with Gasteiger partial charge in [0, 0.05) is 0 Å². The quantitative estimate of drug-likeness (QED) is 0.200. The average molecular weight is 373 g/mol. The fraction of sp³-hybridized carbons (Fsp3) is 0.643. The molecule has 4 amide bonds. The lowest BCUT2D eigenvalue weighted by molar-refractivity contribution is -0.143. The highest BCUT2D eigenvalue weighted by Gasteiger charge is 2.27. The fourth-order valence-corrected chi connectivity index (χ4v) is 2.31. The molecule has 3 atom stereocenters. The molecule has 0 bridgehead atoms. The Morgan fingerprint density at radius 1 is 1.15 bits per heavy atom. The number of carboxylic acid groups (broad SMARTS) is 1. The summed E-state index contributed by atoms with van der Waals surface area (Å²) in [5, 5.41) is 27.6. The van der Waals surface area contributed by atoms with Gasteiger partial charge in [0.25, 0.3) is 0 Å². The van der Waals surface area contributed by atoms with Crippen molar-refractivity contribution in [2.24, 2.45) is 5.73 Å². The number of carbonyl (C=O) groups is 5. The minimum absolute atomic E-state index is 0.437. The third-order valence-electron chi connectivity index (χ3n) is 3.65. The number of aliphatic hydroxyl groups excluding tert-OH is 1. The second kappa shape index (κ2) is 10.3. The largest absolute Gasteiger partial charge is 0.480 e. The van der Waals surface area contributed by atoms with Crippen LogP contribution in [0, 0.1) is 0 Å². The van der Waals surface area contributed by atoms with Crippen molar-refractivity contribution in [1.82, 2.24) is 21.3 Å². The molecule has 0 aliphatic carbocycles. The van der Waals surface area contributed by atoms with Crippen LogP contribution in [0.25, 0.3) is 0 Å². The summed E-state index contributed by atoms with van der Waals surface area (Å²) in [4.78, 5) is 57.2. The van der Waals surface area contributed by atoms with Crippen LogP contribution in [-0.2, 0) is 24.0 Å². The van der Waals surface area contributed by atoms with Crippen LogP contribution in [0.2, 0.25) is 0 Å². The average Bonchev–Trinajstić information content (AvgIpc) is 3.10. The molecule has 1 heterocycles. The number of carboxylic acids is 1. The van der Waals surface area contributed by atoms with E-state index < -0.39 is 67.3 Å². The first-order valence-electron chi connectivity index (χ1n) is 7.97. The first-order chi connectivity index (χ1) is 12.2. The van der Waals surface area contributed by atoms with Gasteiger partial charge < -0.3 is 37.2 Å². The number of nitrogens with two attached hydrogens (primary N) is 1. The smallest absolute Gasteiger partial charge is 0.326 e. The van der Waals surface area contributed by atoms with E-state index >= 15 is 0 Å². The number of carbonyl (C=O) groups excluding carboxylic acids is 4. The summed E-state index contributed by atoms with van der Waals surface area (Å²) in [5.41, 5.74) is 4.89. The molecule has 0 aromatic heterocycles. The molecule has 12 heteroatoms. The van der Waals surface area contributed by atoms with Crippen molar-refractivity contribution in [3.8, 4) is 0 Å². The number of amides is 4. The highest BCUT2D eigenvalue weighted by molar-refractivity contribution is 5.93. The van der Waals surface area contributed by atoms with Crippen LogP contribution < -0.4 is 27.0 Å². The van der Waals surface area contributed by atoms with Crippen molar-refractivity contribution in [3.05, 3.63) is 0 Å². The summed E-state index contributed by atoms with van der Waals surface area (Å²) in [7, 11) is 0. The van der Waals surface area contributed by atoms with Crippen molar-refractivity contribution in [2.45, 2.75) is 37.4 Å². The first kappa shape index (κ1) is 21.3. The number of primary amides is 1. The zero-order valence-corrected chi connectivity index (χ0v) is 14.0. The monoisotopic (exact) mass is 373 g/mol. The van der Waals surface area contributed by atoms with E-state index in [9.17, 15) is 29.1 Å². The van der Waals surface area contributed by atoms with Gasteiger partial charge in [-0.05, 0) is 19.4 Å². The maximum absolute atomic E-state index is 11.9. The van der Waals surface area contributed by atoms with Crippen molar-refractivity contribution in [3.63, 3.8) is 0 Å². The minimum atomic E-state index is -1.52. The van der Waals surface area contributed by atoms with E-state index in [2.05, 4.69) is 16.0 Å². The van der Waals surface area contributed by atoms with Crippen LogP contribution in [0.15, 0.2) is 0 Å². The van der Waals surface area contributed by atoms with E-state index in [-0.39, 0.29) is 0 Å². The lowest BCUT2D eigenvalue weighted by atomic mass is 10.2. The second-order valence-corrected chi connectivity index (χ2v) is 5.74. The molecule has 1 rings (SSSR count). The number of rotatable bonds is 10. The zero-order chi connectivity index (χ0) is 19.7. The predicted molar refractivity (Wildman–Crippen MR) is 86.4 cm³/mol.